The van der Waals surface area contributed by atoms with E-state index in [1.165, 1.54) is 24.3 Å². The number of sulfonamides is 1. The number of nitrogens with one attached hydrogen (secondary N) is 1. The Hall–Kier alpha value is -0.920. The molecule has 1 unspecified atom stereocenters. The van der Waals surface area contributed by atoms with Crippen molar-refractivity contribution in [2.75, 3.05) is 6.26 Å². The molecule has 1 aromatic rings. The van der Waals surface area contributed by atoms with E-state index in [9.17, 15) is 16.8 Å². The van der Waals surface area contributed by atoms with Crippen molar-refractivity contribution < 1.29 is 16.8 Å². The second-order valence-electron chi connectivity index (χ2n) is 6.47. The second-order valence-corrected chi connectivity index (χ2v) is 10.2. The zero-order valence-electron chi connectivity index (χ0n) is 12.5. The van der Waals surface area contributed by atoms with Crippen molar-refractivity contribution >= 4 is 19.9 Å². The predicted octanol–water partition coefficient (Wildman–Crippen LogP) is 1.95. The van der Waals surface area contributed by atoms with E-state index in [0.717, 1.165) is 25.5 Å². The fraction of sp³-hybridized carbons (Fsp3) is 0.571. The number of hydrogen-bond donors (Lipinski definition) is 1. The van der Waals surface area contributed by atoms with Crippen LogP contribution in [-0.4, -0.2) is 29.1 Å². The number of sulfone groups is 1. The van der Waals surface area contributed by atoms with Crippen LogP contribution in [0.2, 0.25) is 0 Å². The van der Waals surface area contributed by atoms with Gasteiger partial charge in [-0.1, -0.05) is 13.8 Å². The van der Waals surface area contributed by atoms with E-state index in [0.29, 0.717) is 0 Å². The normalized spacial score (nSPS) is 22.3. The highest BCUT2D eigenvalue weighted by Gasteiger charge is 2.33. The van der Waals surface area contributed by atoms with Gasteiger partial charge in [0.15, 0.2) is 9.84 Å². The molecule has 0 bridgehead atoms. The lowest BCUT2D eigenvalue weighted by molar-refractivity contribution is 0.372. The minimum absolute atomic E-state index is 0.0559. The summed E-state index contributed by atoms with van der Waals surface area (Å²) in [5.74, 6) is 0. The van der Waals surface area contributed by atoms with Crippen molar-refractivity contribution in [2.24, 2.45) is 5.41 Å². The number of rotatable bonds is 4. The maximum absolute atomic E-state index is 12.3. The quantitative estimate of drug-likeness (QED) is 0.914. The molecular formula is C14H21NO4S2. The number of benzene rings is 1. The Morgan fingerprint density at radius 3 is 2.00 bits per heavy atom. The van der Waals surface area contributed by atoms with Crippen molar-refractivity contribution in [1.29, 1.82) is 0 Å². The van der Waals surface area contributed by atoms with Crippen molar-refractivity contribution in [2.45, 2.75) is 48.9 Å². The van der Waals surface area contributed by atoms with Crippen LogP contribution in [0.25, 0.3) is 0 Å². The van der Waals surface area contributed by atoms with Crippen LogP contribution in [0, 0.1) is 5.41 Å². The van der Waals surface area contributed by atoms with Crippen molar-refractivity contribution in [1.82, 2.24) is 4.72 Å². The first kappa shape index (κ1) is 16.5. The summed E-state index contributed by atoms with van der Waals surface area (Å²) >= 11 is 0. The lowest BCUT2D eigenvalue weighted by Crippen LogP contribution is -2.33. The second kappa shape index (κ2) is 5.37. The third-order valence-corrected chi connectivity index (χ3v) is 6.52. The molecule has 0 aliphatic heterocycles. The summed E-state index contributed by atoms with van der Waals surface area (Å²) in [5.41, 5.74) is 0.160. The minimum atomic E-state index is -3.60. The van der Waals surface area contributed by atoms with Gasteiger partial charge in [0.25, 0.3) is 0 Å². The number of hydrogen-bond acceptors (Lipinski definition) is 4. The van der Waals surface area contributed by atoms with Crippen molar-refractivity contribution in [3.8, 4) is 0 Å². The lowest BCUT2D eigenvalue weighted by atomic mass is 9.92. The summed E-state index contributed by atoms with van der Waals surface area (Å²) in [5, 5.41) is 0. The Labute approximate surface area is 126 Å². The molecule has 0 radical (unpaired) electrons. The first-order valence-corrected chi connectivity index (χ1v) is 10.2. The van der Waals surface area contributed by atoms with Crippen molar-refractivity contribution in [3.05, 3.63) is 24.3 Å². The molecule has 1 atom stereocenters. The average Bonchev–Trinajstić information content (AvgIpc) is 2.67. The SMILES string of the molecule is CC1(C)CCC(NS(=O)(=O)c2ccc(S(C)(=O)=O)cc2)C1. The van der Waals surface area contributed by atoms with E-state index in [-0.39, 0.29) is 21.2 Å². The Bertz CT molecular complexity index is 719. The van der Waals surface area contributed by atoms with Gasteiger partial charge in [0.1, 0.15) is 0 Å². The summed E-state index contributed by atoms with van der Waals surface area (Å²) in [4.78, 5) is 0.211. The van der Waals surface area contributed by atoms with Crippen LogP contribution in [0.5, 0.6) is 0 Å². The van der Waals surface area contributed by atoms with E-state index in [1.54, 1.807) is 0 Å². The summed E-state index contributed by atoms with van der Waals surface area (Å²) in [7, 11) is -6.92. The molecular weight excluding hydrogens is 310 g/mol. The van der Waals surface area contributed by atoms with Gasteiger partial charge in [0, 0.05) is 12.3 Å². The van der Waals surface area contributed by atoms with Crippen LogP contribution in [0.4, 0.5) is 0 Å². The largest absolute Gasteiger partial charge is 0.240 e. The summed E-state index contributed by atoms with van der Waals surface area (Å²) in [6.07, 6.45) is 3.73. The van der Waals surface area contributed by atoms with Gasteiger partial charge in [-0.15, -0.1) is 0 Å². The van der Waals surface area contributed by atoms with E-state index >= 15 is 0 Å². The van der Waals surface area contributed by atoms with Crippen LogP contribution < -0.4 is 4.72 Å². The summed E-state index contributed by atoms with van der Waals surface area (Å²) < 4.78 is 50.1. The van der Waals surface area contributed by atoms with E-state index in [4.69, 9.17) is 0 Å². The third kappa shape index (κ3) is 4.05. The monoisotopic (exact) mass is 331 g/mol. The van der Waals surface area contributed by atoms with Crippen molar-refractivity contribution in [3.63, 3.8) is 0 Å². The Morgan fingerprint density at radius 2 is 1.57 bits per heavy atom. The topological polar surface area (TPSA) is 80.3 Å². The molecule has 1 aliphatic carbocycles. The van der Waals surface area contributed by atoms with Crippen LogP contribution in [0.1, 0.15) is 33.1 Å². The van der Waals surface area contributed by atoms with Gasteiger partial charge >= 0.3 is 0 Å². The molecule has 1 N–H and O–H groups in total. The molecule has 0 amide bonds. The van der Waals surface area contributed by atoms with E-state index in [1.807, 2.05) is 0 Å². The molecule has 0 spiro atoms. The third-order valence-electron chi connectivity index (χ3n) is 3.85. The highest BCUT2D eigenvalue weighted by molar-refractivity contribution is 7.90. The maximum atomic E-state index is 12.3. The maximum Gasteiger partial charge on any atom is 0.240 e. The van der Waals surface area contributed by atoms with Gasteiger partial charge in [0.05, 0.1) is 9.79 Å². The first-order valence-electron chi connectivity index (χ1n) is 6.82. The molecule has 2 rings (SSSR count). The lowest BCUT2D eigenvalue weighted by Gasteiger charge is -2.18. The molecule has 1 saturated carbocycles. The predicted molar refractivity (Wildman–Crippen MR) is 81.3 cm³/mol. The molecule has 21 heavy (non-hydrogen) atoms. The van der Waals surface area contributed by atoms with Crippen LogP contribution in [-0.2, 0) is 19.9 Å². The molecule has 0 heterocycles. The fourth-order valence-corrected chi connectivity index (χ4v) is 4.59. The molecule has 0 aromatic heterocycles. The molecule has 7 heteroatoms. The van der Waals surface area contributed by atoms with Crippen LogP contribution in [0.15, 0.2) is 34.1 Å². The zero-order chi connectivity index (χ0) is 15.9. The van der Waals surface area contributed by atoms with Gasteiger partial charge in [-0.3, -0.25) is 0 Å². The molecule has 118 valence electrons. The Balaban J connectivity index is 2.17. The van der Waals surface area contributed by atoms with Gasteiger partial charge in [0.2, 0.25) is 10.0 Å². The minimum Gasteiger partial charge on any atom is -0.224 e. The smallest absolute Gasteiger partial charge is 0.224 e. The molecule has 1 aromatic carbocycles. The Morgan fingerprint density at radius 1 is 1.05 bits per heavy atom. The summed E-state index contributed by atoms with van der Waals surface area (Å²) in [6.45, 7) is 4.25. The van der Waals surface area contributed by atoms with E-state index in [2.05, 4.69) is 18.6 Å². The molecule has 1 fully saturated rings. The van der Waals surface area contributed by atoms with E-state index < -0.39 is 19.9 Å². The fourth-order valence-electron chi connectivity index (χ4n) is 2.69. The zero-order valence-corrected chi connectivity index (χ0v) is 14.1. The first-order chi connectivity index (χ1) is 9.50. The molecule has 0 saturated heterocycles. The standard InChI is InChI=1S/C14H21NO4S2/c1-14(2)9-8-11(10-14)15-21(18,19)13-6-4-12(5-7-13)20(3,16)17/h4-7,11,15H,8-10H2,1-3H3. The summed E-state index contributed by atoms with van der Waals surface area (Å²) in [6, 6.07) is 5.25. The van der Waals surface area contributed by atoms with Gasteiger partial charge in [-0.05, 0) is 48.9 Å². The van der Waals surface area contributed by atoms with Crippen LogP contribution in [0.3, 0.4) is 0 Å². The van der Waals surface area contributed by atoms with Gasteiger partial charge in [-0.2, -0.15) is 0 Å². The Kier molecular flexibility index (Phi) is 4.21. The van der Waals surface area contributed by atoms with Crippen LogP contribution >= 0.6 is 0 Å². The molecule has 5 nitrogen and oxygen atoms in total. The molecule has 1 aliphatic rings. The average molecular weight is 331 g/mol. The van der Waals surface area contributed by atoms with Gasteiger partial charge in [-0.25, -0.2) is 21.6 Å². The highest BCUT2D eigenvalue weighted by atomic mass is 32.2. The highest BCUT2D eigenvalue weighted by Crippen LogP contribution is 2.37. The van der Waals surface area contributed by atoms with Gasteiger partial charge < -0.3 is 0 Å².